The first-order valence-electron chi connectivity index (χ1n) is 9.84. The molecule has 0 aliphatic carbocycles. The Morgan fingerprint density at radius 1 is 1.09 bits per heavy atom. The van der Waals surface area contributed by atoms with E-state index in [1.807, 2.05) is 24.3 Å². The Balaban J connectivity index is 1.47. The molecule has 0 fully saturated rings. The largest absolute Gasteiger partial charge is 0.370 e. The summed E-state index contributed by atoms with van der Waals surface area (Å²) < 4.78 is 2.40. The number of carbonyl (C=O) groups is 1. The second-order valence-corrected chi connectivity index (χ2v) is 9.12. The lowest BCUT2D eigenvalue weighted by atomic mass is 10.1. The molecule has 2 aromatic heterocycles. The molecule has 0 aliphatic heterocycles. The maximum Gasteiger partial charge on any atom is 0.280 e. The smallest absolute Gasteiger partial charge is 0.280 e. The number of halogens is 4. The third kappa shape index (κ3) is 5.10. The normalized spacial score (nSPS) is 11.1. The molecule has 0 aliphatic rings. The van der Waals surface area contributed by atoms with E-state index in [0.29, 0.717) is 40.2 Å². The number of nitrogens with one attached hydrogen (secondary N) is 1. The molecule has 0 unspecified atom stereocenters. The van der Waals surface area contributed by atoms with Gasteiger partial charge in [-0.15, -0.1) is 0 Å². The minimum Gasteiger partial charge on any atom is -0.370 e. The van der Waals surface area contributed by atoms with Gasteiger partial charge in [0.2, 0.25) is 0 Å². The van der Waals surface area contributed by atoms with Gasteiger partial charge < -0.3 is 5.32 Å². The monoisotopic (exact) mass is 567 g/mol. The van der Waals surface area contributed by atoms with Gasteiger partial charge in [0.1, 0.15) is 5.82 Å². The first-order chi connectivity index (χ1) is 15.9. The van der Waals surface area contributed by atoms with Gasteiger partial charge in [-0.1, -0.05) is 59.1 Å². The van der Waals surface area contributed by atoms with E-state index in [0.717, 1.165) is 10.0 Å². The zero-order valence-corrected chi connectivity index (χ0v) is 20.8. The Bertz CT molecular complexity index is 1310. The van der Waals surface area contributed by atoms with Crippen LogP contribution in [0.4, 0.5) is 5.82 Å². The number of nitrogens with zero attached hydrogens (tertiary/aromatic N) is 4. The molecule has 4 rings (SSSR count). The van der Waals surface area contributed by atoms with Gasteiger partial charge in [-0.25, -0.2) is 10.0 Å². The van der Waals surface area contributed by atoms with E-state index >= 15 is 0 Å². The summed E-state index contributed by atoms with van der Waals surface area (Å²) in [6.45, 7) is 0.515. The summed E-state index contributed by atoms with van der Waals surface area (Å²) in [6, 6.07) is 14.0. The van der Waals surface area contributed by atoms with Crippen LogP contribution in [0, 0.1) is 0 Å². The van der Waals surface area contributed by atoms with Crippen molar-refractivity contribution in [2.45, 2.75) is 6.42 Å². The minimum atomic E-state index is -0.658. The maximum absolute atomic E-state index is 12.5. The van der Waals surface area contributed by atoms with E-state index < -0.39 is 5.91 Å². The predicted octanol–water partition coefficient (Wildman–Crippen LogP) is 6.45. The van der Waals surface area contributed by atoms with Crippen LogP contribution in [0.25, 0.3) is 16.9 Å². The van der Waals surface area contributed by atoms with Gasteiger partial charge in [0, 0.05) is 23.2 Å². The molecular formula is C22H17BrCl3N5O2. The van der Waals surface area contributed by atoms with Gasteiger partial charge in [-0.05, 0) is 40.5 Å². The number of carbonyl (C=O) groups excluding carboxylic acids is 1. The lowest BCUT2D eigenvalue weighted by molar-refractivity contribution is -0.0579. The van der Waals surface area contributed by atoms with Crippen molar-refractivity contribution in [3.8, 4) is 11.3 Å². The molecule has 2 aromatic carbocycles. The zero-order chi connectivity index (χ0) is 23.5. The van der Waals surface area contributed by atoms with Crippen molar-refractivity contribution in [1.29, 1.82) is 0 Å². The quantitative estimate of drug-likeness (QED) is 0.152. The van der Waals surface area contributed by atoms with Crippen LogP contribution in [0.1, 0.15) is 16.8 Å². The van der Waals surface area contributed by atoms with E-state index in [9.17, 15) is 10.0 Å². The first-order valence-corrected chi connectivity index (χ1v) is 11.8. The third-order valence-corrected chi connectivity index (χ3v) is 6.36. The summed E-state index contributed by atoms with van der Waals surface area (Å²) in [5.74, 6) is 0.0273. The molecule has 170 valence electrons. The van der Waals surface area contributed by atoms with Gasteiger partial charge in [-0.3, -0.25) is 10.0 Å². The molecule has 0 atom stereocenters. The van der Waals surface area contributed by atoms with Crippen molar-refractivity contribution in [3.05, 3.63) is 79.8 Å². The molecule has 1 amide bonds. The summed E-state index contributed by atoms with van der Waals surface area (Å²) in [4.78, 5) is 17.2. The van der Waals surface area contributed by atoms with E-state index in [1.165, 1.54) is 0 Å². The third-order valence-electron chi connectivity index (χ3n) is 4.84. The summed E-state index contributed by atoms with van der Waals surface area (Å²) in [7, 11) is 0. The van der Waals surface area contributed by atoms with Crippen molar-refractivity contribution in [2.24, 2.45) is 0 Å². The number of aromatic nitrogens is 3. The van der Waals surface area contributed by atoms with E-state index in [2.05, 4.69) is 31.3 Å². The molecule has 4 aromatic rings. The minimum absolute atomic E-state index is 0.0675. The van der Waals surface area contributed by atoms with Crippen molar-refractivity contribution in [3.63, 3.8) is 0 Å². The van der Waals surface area contributed by atoms with Gasteiger partial charge >= 0.3 is 0 Å². The number of rotatable bonds is 7. The number of fused-ring (bicyclic) bond motifs is 1. The fraction of sp³-hybridized carbons (Fsp3) is 0.136. The lowest BCUT2D eigenvalue weighted by Gasteiger charge is -2.17. The fourth-order valence-corrected chi connectivity index (χ4v) is 4.39. The van der Waals surface area contributed by atoms with Crippen LogP contribution in [0.5, 0.6) is 0 Å². The lowest BCUT2D eigenvalue weighted by Crippen LogP contribution is -2.30. The van der Waals surface area contributed by atoms with Crippen LogP contribution < -0.4 is 5.32 Å². The highest BCUT2D eigenvalue weighted by molar-refractivity contribution is 9.10. The van der Waals surface area contributed by atoms with Crippen LogP contribution in [0.2, 0.25) is 15.1 Å². The topological polar surface area (TPSA) is 82.8 Å². The SMILES string of the molecule is O=C(c1c(Cl)cccc1Cl)N(O)CCCNc1cc(-c2ccccc2Cl)nc2c(Br)cnn12. The highest BCUT2D eigenvalue weighted by Crippen LogP contribution is 2.30. The first kappa shape index (κ1) is 23.8. The van der Waals surface area contributed by atoms with Crippen molar-refractivity contribution in [2.75, 3.05) is 18.4 Å². The van der Waals surface area contributed by atoms with E-state index in [-0.39, 0.29) is 22.2 Å². The highest BCUT2D eigenvalue weighted by Gasteiger charge is 2.20. The Morgan fingerprint density at radius 2 is 1.79 bits per heavy atom. The van der Waals surface area contributed by atoms with E-state index in [1.54, 1.807) is 35.0 Å². The van der Waals surface area contributed by atoms with Crippen LogP contribution in [0.15, 0.2) is 59.2 Å². The summed E-state index contributed by atoms with van der Waals surface area (Å²) in [5.41, 5.74) is 2.17. The van der Waals surface area contributed by atoms with Crippen LogP contribution in [-0.2, 0) is 0 Å². The number of amides is 1. The van der Waals surface area contributed by atoms with Gasteiger partial charge in [-0.2, -0.15) is 9.61 Å². The zero-order valence-electron chi connectivity index (χ0n) is 17.0. The van der Waals surface area contributed by atoms with Gasteiger partial charge in [0.15, 0.2) is 5.65 Å². The van der Waals surface area contributed by atoms with Crippen molar-refractivity contribution >= 4 is 68.1 Å². The predicted molar refractivity (Wildman–Crippen MR) is 134 cm³/mol. The van der Waals surface area contributed by atoms with Crippen molar-refractivity contribution in [1.82, 2.24) is 19.7 Å². The molecule has 11 heteroatoms. The highest BCUT2D eigenvalue weighted by atomic mass is 79.9. The molecule has 0 spiro atoms. The van der Waals surface area contributed by atoms with Crippen LogP contribution >= 0.6 is 50.7 Å². The average Bonchev–Trinajstić information content (AvgIpc) is 3.17. The van der Waals surface area contributed by atoms with Crippen molar-refractivity contribution < 1.29 is 10.0 Å². The number of hydrogen-bond donors (Lipinski definition) is 2. The van der Waals surface area contributed by atoms with E-state index in [4.69, 9.17) is 34.8 Å². The summed E-state index contributed by atoms with van der Waals surface area (Å²) in [6.07, 6.45) is 2.10. The molecule has 0 bridgehead atoms. The maximum atomic E-state index is 12.5. The summed E-state index contributed by atoms with van der Waals surface area (Å²) in [5, 5.41) is 19.4. The number of hydroxylamine groups is 2. The standard InChI is InChI=1S/C22H17BrCl3N5O2/c23-14-12-28-31-19(11-18(29-21(14)31)13-5-1-2-6-15(13)24)27-9-4-10-30(33)22(32)20-16(25)7-3-8-17(20)26/h1-3,5-8,11-12,27,33H,4,9-10H2. The average molecular weight is 570 g/mol. The molecule has 33 heavy (non-hydrogen) atoms. The van der Waals surface area contributed by atoms with Gasteiger partial charge in [0.25, 0.3) is 5.91 Å². The summed E-state index contributed by atoms with van der Waals surface area (Å²) >= 11 is 22.0. The molecule has 0 radical (unpaired) electrons. The molecule has 7 nitrogen and oxygen atoms in total. The molecule has 2 N–H and O–H groups in total. The number of benzene rings is 2. The van der Waals surface area contributed by atoms with Gasteiger partial charge in [0.05, 0.1) is 38.5 Å². The number of anilines is 1. The van der Waals surface area contributed by atoms with Crippen LogP contribution in [-0.4, -0.2) is 43.9 Å². The Hall–Kier alpha value is -2.36. The second-order valence-electron chi connectivity index (χ2n) is 7.04. The Kier molecular flexibility index (Phi) is 7.41. The Morgan fingerprint density at radius 3 is 2.52 bits per heavy atom. The molecule has 0 saturated carbocycles. The molecule has 2 heterocycles. The number of hydrogen-bond acceptors (Lipinski definition) is 5. The molecule has 0 saturated heterocycles. The molecular weight excluding hydrogens is 553 g/mol. The second kappa shape index (κ2) is 10.3. The fourth-order valence-electron chi connectivity index (χ4n) is 3.25. The Labute approximate surface area is 213 Å². The van der Waals surface area contributed by atoms with Crippen LogP contribution in [0.3, 0.4) is 0 Å².